The molecule has 0 spiro atoms. The van der Waals surface area contributed by atoms with Crippen molar-refractivity contribution in [2.24, 2.45) is 0 Å². The average Bonchev–Trinajstić information content (AvgIpc) is 2.20. The predicted octanol–water partition coefficient (Wildman–Crippen LogP) is 1.35. The topological polar surface area (TPSA) is 72.7 Å². The molecule has 4 N–H and O–H groups in total. The lowest BCUT2D eigenvalue weighted by molar-refractivity contribution is -0.327. The first-order valence-corrected chi connectivity index (χ1v) is 6.42. The summed E-state index contributed by atoms with van der Waals surface area (Å²) in [5.41, 5.74) is 0. The van der Waals surface area contributed by atoms with Crippen molar-refractivity contribution in [3.8, 4) is 0 Å². The summed E-state index contributed by atoms with van der Waals surface area (Å²) >= 11 is 0. The summed E-state index contributed by atoms with van der Waals surface area (Å²) in [6.07, 6.45) is 7.69. The van der Waals surface area contributed by atoms with E-state index in [4.69, 9.17) is 15.3 Å². The lowest BCUT2D eigenvalue weighted by atomic mass is 10.1. The molecule has 0 bridgehead atoms. The van der Waals surface area contributed by atoms with Crippen LogP contribution in [0.15, 0.2) is 0 Å². The van der Waals surface area contributed by atoms with Crippen molar-refractivity contribution < 1.29 is 15.3 Å². The molecule has 0 amide bonds. The highest BCUT2D eigenvalue weighted by atomic mass is 16.7. The molecule has 0 aromatic heterocycles. The summed E-state index contributed by atoms with van der Waals surface area (Å²) in [5.74, 6) is -2.60. The minimum Gasteiger partial charge on any atom is -0.342 e. The molecule has 0 aromatic rings. The Labute approximate surface area is 98.7 Å². The van der Waals surface area contributed by atoms with Gasteiger partial charge in [0.2, 0.25) is 0 Å². The van der Waals surface area contributed by atoms with Crippen molar-refractivity contribution in [3.63, 3.8) is 0 Å². The Morgan fingerprint density at radius 3 is 2.00 bits per heavy atom. The minimum atomic E-state index is -2.60. The van der Waals surface area contributed by atoms with Gasteiger partial charge in [-0.05, 0) is 19.4 Å². The fraction of sp³-hybridized carbons (Fsp3) is 1.00. The van der Waals surface area contributed by atoms with Crippen LogP contribution in [0.25, 0.3) is 0 Å². The third kappa shape index (κ3) is 8.05. The van der Waals surface area contributed by atoms with E-state index in [9.17, 15) is 0 Å². The van der Waals surface area contributed by atoms with Gasteiger partial charge < -0.3 is 20.6 Å². The van der Waals surface area contributed by atoms with Gasteiger partial charge in [-0.25, -0.2) is 0 Å². The maximum atomic E-state index is 9.00. The van der Waals surface area contributed by atoms with Gasteiger partial charge in [0.15, 0.2) is 0 Å². The van der Waals surface area contributed by atoms with Gasteiger partial charge in [0.25, 0.3) is 5.97 Å². The molecule has 0 aliphatic rings. The quantitative estimate of drug-likeness (QED) is 0.339. The monoisotopic (exact) mass is 233 g/mol. The first kappa shape index (κ1) is 15.8. The first-order valence-electron chi connectivity index (χ1n) is 6.42. The average molecular weight is 233 g/mol. The van der Waals surface area contributed by atoms with E-state index in [1.807, 2.05) is 0 Å². The number of hydrogen-bond donors (Lipinski definition) is 4. The van der Waals surface area contributed by atoms with Crippen LogP contribution in [-0.4, -0.2) is 33.9 Å². The molecule has 0 aliphatic heterocycles. The van der Waals surface area contributed by atoms with E-state index in [2.05, 4.69) is 12.2 Å². The zero-order valence-corrected chi connectivity index (χ0v) is 10.6. The van der Waals surface area contributed by atoms with E-state index in [1.54, 1.807) is 6.92 Å². The van der Waals surface area contributed by atoms with Crippen molar-refractivity contribution in [3.05, 3.63) is 0 Å². The highest BCUT2D eigenvalue weighted by molar-refractivity contribution is 4.71. The maximum Gasteiger partial charge on any atom is 0.291 e. The number of aliphatic hydroxyl groups is 3. The molecule has 0 fully saturated rings. The van der Waals surface area contributed by atoms with Crippen LogP contribution in [0.4, 0.5) is 0 Å². The van der Waals surface area contributed by atoms with Gasteiger partial charge in [0.1, 0.15) is 0 Å². The molecule has 4 heteroatoms. The van der Waals surface area contributed by atoms with Gasteiger partial charge in [-0.15, -0.1) is 0 Å². The molecule has 1 atom stereocenters. The molecule has 0 aromatic carbocycles. The van der Waals surface area contributed by atoms with Gasteiger partial charge in [-0.2, -0.15) is 0 Å². The van der Waals surface area contributed by atoms with Crippen LogP contribution in [-0.2, 0) is 0 Å². The standard InChI is InChI=1S/C12H27NO3/c1-3-5-6-7-8-9-10-13-11(4-2)12(14,15)16/h11,13-16H,3-10H2,1-2H3. The Balaban J connectivity index is 3.42. The van der Waals surface area contributed by atoms with Crippen molar-refractivity contribution in [1.82, 2.24) is 5.32 Å². The van der Waals surface area contributed by atoms with Crippen LogP contribution in [0.5, 0.6) is 0 Å². The molecule has 16 heavy (non-hydrogen) atoms. The molecule has 1 unspecified atom stereocenters. The van der Waals surface area contributed by atoms with Crippen LogP contribution in [0.1, 0.15) is 58.8 Å². The van der Waals surface area contributed by atoms with Crippen LogP contribution in [0.2, 0.25) is 0 Å². The lowest BCUT2D eigenvalue weighted by Crippen LogP contribution is -2.50. The predicted molar refractivity (Wildman–Crippen MR) is 64.8 cm³/mol. The minimum absolute atomic E-state index is 0.485. The Hall–Kier alpha value is -0.160. The highest BCUT2D eigenvalue weighted by Gasteiger charge is 2.29. The third-order valence-electron chi connectivity index (χ3n) is 2.80. The van der Waals surface area contributed by atoms with E-state index in [-0.39, 0.29) is 0 Å². The molecule has 4 nitrogen and oxygen atoms in total. The van der Waals surface area contributed by atoms with E-state index in [0.29, 0.717) is 13.0 Å². The molecule has 0 radical (unpaired) electrons. The van der Waals surface area contributed by atoms with Crippen LogP contribution >= 0.6 is 0 Å². The fourth-order valence-electron chi connectivity index (χ4n) is 1.74. The molecule has 0 saturated heterocycles. The SMILES string of the molecule is CCCCCCCCNC(CC)C(O)(O)O. The maximum absolute atomic E-state index is 9.00. The summed E-state index contributed by atoms with van der Waals surface area (Å²) in [6.45, 7) is 4.71. The van der Waals surface area contributed by atoms with Gasteiger partial charge in [-0.3, -0.25) is 0 Å². The van der Waals surface area contributed by atoms with Crippen molar-refractivity contribution in [2.75, 3.05) is 6.54 Å². The molecule has 0 rings (SSSR count). The summed E-state index contributed by atoms with van der Waals surface area (Å²) < 4.78 is 0. The highest BCUT2D eigenvalue weighted by Crippen LogP contribution is 2.07. The Morgan fingerprint density at radius 2 is 1.50 bits per heavy atom. The summed E-state index contributed by atoms with van der Waals surface area (Å²) in [4.78, 5) is 0. The van der Waals surface area contributed by atoms with Gasteiger partial charge in [0.05, 0.1) is 6.04 Å². The van der Waals surface area contributed by atoms with E-state index >= 15 is 0 Å². The number of unbranched alkanes of at least 4 members (excludes halogenated alkanes) is 5. The zero-order valence-electron chi connectivity index (χ0n) is 10.6. The Bertz CT molecular complexity index is 157. The largest absolute Gasteiger partial charge is 0.342 e. The second-order valence-electron chi connectivity index (χ2n) is 4.37. The van der Waals surface area contributed by atoms with Crippen LogP contribution < -0.4 is 5.32 Å². The second-order valence-corrected chi connectivity index (χ2v) is 4.37. The molecule has 98 valence electrons. The molecule has 0 heterocycles. The van der Waals surface area contributed by atoms with Crippen LogP contribution in [0.3, 0.4) is 0 Å². The number of nitrogens with one attached hydrogen (secondary N) is 1. The lowest BCUT2D eigenvalue weighted by Gasteiger charge is -2.25. The Kier molecular flexibility index (Phi) is 8.84. The van der Waals surface area contributed by atoms with E-state index in [1.165, 1.54) is 25.7 Å². The van der Waals surface area contributed by atoms with Crippen LogP contribution in [0, 0.1) is 0 Å². The molecule has 0 aliphatic carbocycles. The van der Waals surface area contributed by atoms with Crippen molar-refractivity contribution in [1.29, 1.82) is 0 Å². The molecular weight excluding hydrogens is 206 g/mol. The Morgan fingerprint density at radius 1 is 0.938 bits per heavy atom. The number of hydrogen-bond acceptors (Lipinski definition) is 4. The first-order chi connectivity index (χ1) is 7.52. The zero-order chi connectivity index (χ0) is 12.4. The van der Waals surface area contributed by atoms with Crippen molar-refractivity contribution in [2.45, 2.75) is 70.8 Å². The second kappa shape index (κ2) is 8.93. The normalized spacial score (nSPS) is 14.1. The van der Waals surface area contributed by atoms with E-state index in [0.717, 1.165) is 12.8 Å². The van der Waals surface area contributed by atoms with Gasteiger partial charge in [0, 0.05) is 0 Å². The van der Waals surface area contributed by atoms with E-state index < -0.39 is 12.0 Å². The fourth-order valence-corrected chi connectivity index (χ4v) is 1.74. The smallest absolute Gasteiger partial charge is 0.291 e. The van der Waals surface area contributed by atoms with Crippen molar-refractivity contribution >= 4 is 0 Å². The number of rotatable bonds is 10. The molecular formula is C12H27NO3. The third-order valence-corrected chi connectivity index (χ3v) is 2.80. The van der Waals surface area contributed by atoms with Gasteiger partial charge >= 0.3 is 0 Å². The summed E-state index contributed by atoms with van der Waals surface area (Å²) in [5, 5.41) is 29.9. The summed E-state index contributed by atoms with van der Waals surface area (Å²) in [7, 11) is 0. The van der Waals surface area contributed by atoms with Gasteiger partial charge in [-0.1, -0.05) is 46.0 Å². The summed E-state index contributed by atoms with van der Waals surface area (Å²) in [6, 6.07) is -0.664. The molecule has 0 saturated carbocycles.